The highest BCUT2D eigenvalue weighted by Crippen LogP contribution is 2.32. The van der Waals surface area contributed by atoms with E-state index in [0.29, 0.717) is 36.0 Å². The van der Waals surface area contributed by atoms with Crippen molar-refractivity contribution in [3.63, 3.8) is 0 Å². The molecule has 0 spiro atoms. The molecule has 0 saturated heterocycles. The average molecular weight is 461 g/mol. The third-order valence-electron chi connectivity index (χ3n) is 5.12. The van der Waals surface area contributed by atoms with E-state index in [1.54, 1.807) is 6.07 Å². The van der Waals surface area contributed by atoms with Gasteiger partial charge in [-0.1, -0.05) is 30.3 Å². The first kappa shape index (κ1) is 21.7. The van der Waals surface area contributed by atoms with E-state index in [1.165, 1.54) is 34.0 Å². The van der Waals surface area contributed by atoms with Crippen molar-refractivity contribution in [3.8, 4) is 5.75 Å². The van der Waals surface area contributed by atoms with Crippen molar-refractivity contribution in [3.05, 3.63) is 52.5 Å². The number of amides is 1. The predicted molar refractivity (Wildman–Crippen MR) is 122 cm³/mol. The molecule has 1 aliphatic heterocycles. The summed E-state index contributed by atoms with van der Waals surface area (Å²) in [6, 6.07) is 11.4. The second-order valence-corrected chi connectivity index (χ2v) is 10.5. The Morgan fingerprint density at radius 2 is 2.03 bits per heavy atom. The first-order chi connectivity index (χ1) is 14.8. The molecule has 4 rings (SSSR count). The lowest BCUT2D eigenvalue weighted by Crippen LogP contribution is -2.42. The van der Waals surface area contributed by atoms with Gasteiger partial charge in [-0.15, -0.1) is 11.3 Å². The molecule has 1 amide bonds. The molecule has 1 aromatic heterocycles. The molecule has 0 unspecified atom stereocenters. The lowest BCUT2D eigenvalue weighted by Gasteiger charge is -2.27. The molecular formula is C21H24N4O4S2. The average Bonchev–Trinajstić information content (AvgIpc) is 3.14. The van der Waals surface area contributed by atoms with Gasteiger partial charge in [-0.2, -0.15) is 17.0 Å². The van der Waals surface area contributed by atoms with Gasteiger partial charge in [0.25, 0.3) is 16.1 Å². The second kappa shape index (κ2) is 8.54. The summed E-state index contributed by atoms with van der Waals surface area (Å²) in [5, 5.41) is 5.09. The summed E-state index contributed by atoms with van der Waals surface area (Å²) in [4.78, 5) is 18.6. The molecule has 31 heavy (non-hydrogen) atoms. The number of carbonyl (C=O) groups excluding carboxylic acids is 1. The van der Waals surface area contributed by atoms with Gasteiger partial charge < -0.3 is 4.74 Å². The first-order valence-corrected chi connectivity index (χ1v) is 12.1. The maximum Gasteiger partial charge on any atom is 0.281 e. The first-order valence-electron chi connectivity index (χ1n) is 9.93. The SMILES string of the molecule is CCOc1ccc2ccccc2c1C(=O)Nc1nc2c(s1)CN(S(=O)(=O)N(C)C)CC2. The Morgan fingerprint density at radius 3 is 2.77 bits per heavy atom. The van der Waals surface area contributed by atoms with Gasteiger partial charge in [-0.05, 0) is 23.8 Å². The van der Waals surface area contributed by atoms with E-state index in [-0.39, 0.29) is 12.5 Å². The van der Waals surface area contributed by atoms with Crippen molar-refractivity contribution < 1.29 is 17.9 Å². The summed E-state index contributed by atoms with van der Waals surface area (Å²) < 4.78 is 33.2. The van der Waals surface area contributed by atoms with E-state index in [1.807, 2.05) is 37.3 Å². The molecule has 2 aromatic carbocycles. The third-order valence-corrected chi connectivity index (χ3v) is 8.01. The minimum atomic E-state index is -3.49. The smallest absolute Gasteiger partial charge is 0.281 e. The van der Waals surface area contributed by atoms with Crippen LogP contribution in [0, 0.1) is 0 Å². The van der Waals surface area contributed by atoms with Crippen molar-refractivity contribution in [2.45, 2.75) is 19.9 Å². The van der Waals surface area contributed by atoms with Crippen LogP contribution in [0.15, 0.2) is 36.4 Å². The molecule has 0 aliphatic carbocycles. The van der Waals surface area contributed by atoms with Crippen LogP contribution in [0.25, 0.3) is 10.8 Å². The zero-order valence-corrected chi connectivity index (χ0v) is 19.2. The van der Waals surface area contributed by atoms with Crippen LogP contribution in [-0.2, 0) is 23.2 Å². The largest absolute Gasteiger partial charge is 0.493 e. The minimum absolute atomic E-state index is 0.252. The van der Waals surface area contributed by atoms with Gasteiger partial charge in [0.15, 0.2) is 5.13 Å². The fourth-order valence-corrected chi connectivity index (χ4v) is 5.75. The van der Waals surface area contributed by atoms with Crippen LogP contribution in [0.2, 0.25) is 0 Å². The Balaban J connectivity index is 1.62. The zero-order valence-electron chi connectivity index (χ0n) is 17.6. The van der Waals surface area contributed by atoms with Crippen LogP contribution >= 0.6 is 11.3 Å². The van der Waals surface area contributed by atoms with Gasteiger partial charge in [0.1, 0.15) is 5.75 Å². The number of hydrogen-bond donors (Lipinski definition) is 1. The van der Waals surface area contributed by atoms with Crippen molar-refractivity contribution in [2.75, 3.05) is 32.6 Å². The Morgan fingerprint density at radius 1 is 1.26 bits per heavy atom. The van der Waals surface area contributed by atoms with Crippen molar-refractivity contribution in [1.82, 2.24) is 13.6 Å². The standard InChI is InChI=1S/C21H24N4O4S2/c1-4-29-17-10-9-14-7-5-6-8-15(14)19(17)20(26)23-21-22-16-11-12-25(13-18(16)30-21)31(27,28)24(2)3/h5-10H,4,11-13H2,1-3H3,(H,22,23,26). The molecule has 0 atom stereocenters. The number of ether oxygens (including phenoxy) is 1. The minimum Gasteiger partial charge on any atom is -0.493 e. The van der Waals surface area contributed by atoms with Crippen LogP contribution in [0.5, 0.6) is 5.75 Å². The van der Waals surface area contributed by atoms with Gasteiger partial charge in [0.2, 0.25) is 0 Å². The van der Waals surface area contributed by atoms with Crippen LogP contribution in [0.1, 0.15) is 27.9 Å². The van der Waals surface area contributed by atoms with Crippen LogP contribution < -0.4 is 10.1 Å². The number of benzene rings is 2. The normalized spacial score (nSPS) is 14.6. The zero-order chi connectivity index (χ0) is 22.2. The molecular weight excluding hydrogens is 436 g/mol. The molecule has 1 aliphatic rings. The van der Waals surface area contributed by atoms with Gasteiger partial charge in [-0.3, -0.25) is 10.1 Å². The number of hydrogen-bond acceptors (Lipinski definition) is 6. The predicted octanol–water partition coefficient (Wildman–Crippen LogP) is 3.11. The van der Waals surface area contributed by atoms with Crippen LogP contribution in [0.3, 0.4) is 0 Å². The summed E-state index contributed by atoms with van der Waals surface area (Å²) in [6.45, 7) is 2.93. The van der Waals surface area contributed by atoms with E-state index in [2.05, 4.69) is 10.3 Å². The third kappa shape index (κ3) is 4.16. The molecule has 0 fully saturated rings. The number of thiazole rings is 1. The summed E-state index contributed by atoms with van der Waals surface area (Å²) >= 11 is 1.31. The number of nitrogens with zero attached hydrogens (tertiary/aromatic N) is 3. The quantitative estimate of drug-likeness (QED) is 0.610. The molecule has 0 bridgehead atoms. The van der Waals surface area contributed by atoms with Gasteiger partial charge in [-0.25, -0.2) is 4.98 Å². The highest BCUT2D eigenvalue weighted by Gasteiger charge is 2.31. The molecule has 10 heteroatoms. The Hall–Kier alpha value is -2.53. The number of carbonyl (C=O) groups is 1. The number of nitrogens with one attached hydrogen (secondary N) is 1. The molecule has 1 N–H and O–H groups in total. The molecule has 8 nitrogen and oxygen atoms in total. The topological polar surface area (TPSA) is 91.8 Å². The Bertz CT molecular complexity index is 1240. The van der Waals surface area contributed by atoms with E-state index in [0.717, 1.165) is 21.3 Å². The summed E-state index contributed by atoms with van der Waals surface area (Å²) in [5.74, 6) is 0.215. The van der Waals surface area contributed by atoms with Crippen molar-refractivity contribution >= 4 is 43.4 Å². The van der Waals surface area contributed by atoms with E-state index < -0.39 is 10.2 Å². The van der Waals surface area contributed by atoms with E-state index in [4.69, 9.17) is 4.74 Å². The van der Waals surface area contributed by atoms with Crippen molar-refractivity contribution in [1.29, 1.82) is 0 Å². The lowest BCUT2D eigenvalue weighted by molar-refractivity contribution is 0.102. The summed E-state index contributed by atoms with van der Waals surface area (Å²) in [6.07, 6.45) is 0.507. The maximum absolute atomic E-state index is 13.2. The Kier molecular flexibility index (Phi) is 5.98. The highest BCUT2D eigenvalue weighted by atomic mass is 32.2. The van der Waals surface area contributed by atoms with Gasteiger partial charge in [0.05, 0.1) is 24.4 Å². The molecule has 0 radical (unpaired) electrons. The summed E-state index contributed by atoms with van der Waals surface area (Å²) in [5.41, 5.74) is 1.29. The number of anilines is 1. The number of fused-ring (bicyclic) bond motifs is 2. The van der Waals surface area contributed by atoms with Crippen LogP contribution in [0.4, 0.5) is 5.13 Å². The fourth-order valence-electron chi connectivity index (χ4n) is 3.57. The van der Waals surface area contributed by atoms with Gasteiger partial charge >= 0.3 is 0 Å². The molecule has 0 saturated carbocycles. The molecule has 3 aromatic rings. The molecule has 2 heterocycles. The molecule has 164 valence electrons. The van der Waals surface area contributed by atoms with E-state index >= 15 is 0 Å². The second-order valence-electron chi connectivity index (χ2n) is 7.31. The lowest BCUT2D eigenvalue weighted by atomic mass is 10.0. The highest BCUT2D eigenvalue weighted by molar-refractivity contribution is 7.86. The Labute approximate surface area is 185 Å². The van der Waals surface area contributed by atoms with Crippen LogP contribution in [-0.4, -0.2) is 55.2 Å². The number of rotatable bonds is 6. The summed E-state index contributed by atoms with van der Waals surface area (Å²) in [7, 11) is -0.460. The maximum atomic E-state index is 13.2. The van der Waals surface area contributed by atoms with E-state index in [9.17, 15) is 13.2 Å². The number of aromatic nitrogens is 1. The van der Waals surface area contributed by atoms with Gasteiger partial charge in [0, 0.05) is 31.9 Å². The fraction of sp³-hybridized carbons (Fsp3) is 0.333. The van der Waals surface area contributed by atoms with Crippen molar-refractivity contribution in [2.24, 2.45) is 0 Å². The monoisotopic (exact) mass is 460 g/mol.